The number of nitrogens with zero attached hydrogens (tertiary/aromatic N) is 3. The Hall–Kier alpha value is -7.50. The minimum absolute atomic E-state index is 0.0869. The first-order valence-electron chi connectivity index (χ1n) is 31.2. The Kier molecular flexibility index (Phi) is 18.3. The summed E-state index contributed by atoms with van der Waals surface area (Å²) in [6, 6.07) is 15.3. The van der Waals surface area contributed by atoms with Crippen molar-refractivity contribution in [1.29, 1.82) is 0 Å². The Morgan fingerprint density at radius 1 is 0.554 bits per heavy atom. The van der Waals surface area contributed by atoms with Crippen LogP contribution in [-0.4, -0.2) is 154 Å². The fourth-order valence-electron chi connectivity index (χ4n) is 17.5. The molecule has 4 saturated carbocycles. The van der Waals surface area contributed by atoms with Gasteiger partial charge in [0.05, 0.1) is 36.3 Å². The average Bonchev–Trinajstić information content (AvgIpc) is 0.676. The summed E-state index contributed by atoms with van der Waals surface area (Å²) in [5, 5.41) is 30.9. The van der Waals surface area contributed by atoms with Crippen molar-refractivity contribution >= 4 is 53.5 Å². The molecule has 2 aliphatic heterocycles. The zero-order chi connectivity index (χ0) is 68.0. The lowest BCUT2D eigenvalue weighted by molar-refractivity contribution is -0.349. The Labute approximate surface area is 534 Å². The molecule has 498 valence electrons. The second-order valence-electron chi connectivity index (χ2n) is 27.9. The Morgan fingerprint density at radius 2 is 0.957 bits per heavy atom. The predicted octanol–water partition coefficient (Wildman–Crippen LogP) is 8.11. The summed E-state index contributed by atoms with van der Waals surface area (Å²) in [5.41, 5.74) is -0.351. The molecule has 6 fully saturated rings. The number of rotatable bonds is 11. The van der Waals surface area contributed by atoms with Crippen LogP contribution in [0.1, 0.15) is 157 Å². The summed E-state index contributed by atoms with van der Waals surface area (Å²) in [7, 11) is 0. The molecule has 24 heteroatoms. The molecule has 19 atom stereocenters. The highest BCUT2D eigenvalue weighted by Crippen LogP contribution is 2.69. The van der Waals surface area contributed by atoms with Gasteiger partial charge in [-0.15, -0.1) is 0 Å². The molecule has 0 spiro atoms. The van der Waals surface area contributed by atoms with E-state index < -0.39 is 170 Å². The number of carbonyl (C=O) groups is 9. The first kappa shape index (κ1) is 68.9. The molecule has 2 saturated heterocycles. The van der Waals surface area contributed by atoms with Crippen molar-refractivity contribution in [3.8, 4) is 0 Å². The molecule has 0 aromatic heterocycles. The highest BCUT2D eigenvalue weighted by molar-refractivity contribution is 5.95. The number of esters is 8. The molecule has 2 aromatic rings. The molecule has 0 amide bonds. The van der Waals surface area contributed by atoms with Crippen LogP contribution < -0.4 is 0 Å². The number of ketones is 1. The summed E-state index contributed by atoms with van der Waals surface area (Å²) in [5.74, 6) is -8.97. The van der Waals surface area contributed by atoms with Crippen LogP contribution in [0.25, 0.3) is 10.4 Å². The number of aliphatic hydroxyl groups is 2. The van der Waals surface area contributed by atoms with Crippen molar-refractivity contribution < 1.29 is 101 Å². The molecule has 92 heavy (non-hydrogen) atoms. The van der Waals surface area contributed by atoms with E-state index >= 15 is 4.79 Å². The standard InChI is InChI=1S/C34H43N3O10.C34H42O11/c1-17-14-24-33(16-43-24,47-21(5)40)27-29(46-30(41)22-12-10-9-11-13-22)34(42)15-23(44-19(3)38)18(2)25(31(34,6)7)26(45-20(4)39)28(36-37-35)32(17,27)8;1-17-14-24-33(16-41-24,45-21(5)37)27-29(44-30(39)22-12-10-9-11-13-22)34(40)15-23(42-19(3)35)18(2)25(31(34,6)7)26(43-20(4)36)28(38)32(17,27)8/h9-13,17,23-24,26-29,42H,14-16H2,1-8H3;9-13,17,23-24,26-27,29,40H,14-16H2,1-8H3/t17-,23-,24+,26+,27-,28+,29-,32+,33-,34+;17-,23-,24+,26+,27-,29-,32+,33-,34+/m00/s1. The third-order valence-electron chi connectivity index (χ3n) is 22.3. The van der Waals surface area contributed by atoms with Crippen LogP contribution in [-0.2, 0) is 80.9 Å². The number of azide groups is 1. The molecular weight excluding hydrogens is 1190 g/mol. The molecule has 2 heterocycles. The minimum Gasteiger partial charge on any atom is -0.458 e. The lowest BCUT2D eigenvalue weighted by Crippen LogP contribution is -2.81. The van der Waals surface area contributed by atoms with E-state index in [0.717, 1.165) is 0 Å². The minimum atomic E-state index is -2.04. The maximum Gasteiger partial charge on any atom is 0.338 e. The van der Waals surface area contributed by atoms with Crippen LogP contribution in [0, 0.1) is 45.3 Å². The number of carbonyl (C=O) groups excluding carboxylic acids is 9. The van der Waals surface area contributed by atoms with Crippen molar-refractivity contribution in [1.82, 2.24) is 0 Å². The molecule has 10 rings (SSSR count). The van der Waals surface area contributed by atoms with Gasteiger partial charge in [-0.3, -0.25) is 33.6 Å². The largest absolute Gasteiger partial charge is 0.458 e. The van der Waals surface area contributed by atoms with Crippen molar-refractivity contribution in [3.05, 3.63) is 105 Å². The molecular formula is C68H85N3O21. The third kappa shape index (κ3) is 10.8. The molecule has 0 unspecified atom stereocenters. The van der Waals surface area contributed by atoms with Gasteiger partial charge in [0.2, 0.25) is 0 Å². The van der Waals surface area contributed by atoms with Gasteiger partial charge in [-0.1, -0.05) is 96.9 Å². The lowest BCUT2D eigenvalue weighted by atomic mass is 9.42. The second-order valence-corrected chi connectivity index (χ2v) is 27.9. The summed E-state index contributed by atoms with van der Waals surface area (Å²) in [4.78, 5) is 122. The molecule has 24 nitrogen and oxygen atoms in total. The van der Waals surface area contributed by atoms with Crippen LogP contribution in [0.5, 0.6) is 0 Å². The van der Waals surface area contributed by atoms with E-state index in [2.05, 4.69) is 10.0 Å². The Balaban J connectivity index is 0.000000218. The van der Waals surface area contributed by atoms with Gasteiger partial charge in [0.15, 0.2) is 23.1 Å². The number of ether oxygens (including phenoxy) is 10. The number of hydrogen-bond donors (Lipinski definition) is 2. The molecule has 2 N–H and O–H groups in total. The number of benzene rings is 2. The first-order valence-corrected chi connectivity index (χ1v) is 31.2. The van der Waals surface area contributed by atoms with E-state index in [9.17, 15) is 54.1 Å². The van der Waals surface area contributed by atoms with E-state index in [1.165, 1.54) is 41.5 Å². The van der Waals surface area contributed by atoms with E-state index in [4.69, 9.17) is 47.4 Å². The lowest BCUT2D eigenvalue weighted by Gasteiger charge is -2.69. The van der Waals surface area contributed by atoms with Gasteiger partial charge in [0.1, 0.15) is 53.9 Å². The fraction of sp³-hybridized carbons (Fsp3) is 0.632. The molecule has 0 radical (unpaired) electrons. The average molecular weight is 1280 g/mol. The van der Waals surface area contributed by atoms with Crippen LogP contribution in [0.3, 0.4) is 0 Å². The predicted molar refractivity (Wildman–Crippen MR) is 323 cm³/mol. The van der Waals surface area contributed by atoms with Crippen LogP contribution in [0.4, 0.5) is 0 Å². The highest BCUT2D eigenvalue weighted by atomic mass is 16.6. The summed E-state index contributed by atoms with van der Waals surface area (Å²) >= 11 is 0. The van der Waals surface area contributed by atoms with Crippen LogP contribution >= 0.6 is 0 Å². The van der Waals surface area contributed by atoms with Gasteiger partial charge in [-0.05, 0) is 96.0 Å². The molecule has 4 bridgehead atoms. The van der Waals surface area contributed by atoms with Gasteiger partial charge in [-0.2, -0.15) is 0 Å². The van der Waals surface area contributed by atoms with Crippen molar-refractivity contribution in [2.24, 2.45) is 50.4 Å². The van der Waals surface area contributed by atoms with Gasteiger partial charge >= 0.3 is 47.8 Å². The van der Waals surface area contributed by atoms with Crippen LogP contribution in [0.15, 0.2) is 88.1 Å². The monoisotopic (exact) mass is 1280 g/mol. The highest BCUT2D eigenvalue weighted by Gasteiger charge is 2.80. The topological polar surface area (TPSA) is 335 Å². The van der Waals surface area contributed by atoms with Gasteiger partial charge in [0.25, 0.3) is 0 Å². The summed E-state index contributed by atoms with van der Waals surface area (Å²) < 4.78 is 60.4. The number of hydrogen-bond acceptors (Lipinski definition) is 22. The third-order valence-corrected chi connectivity index (χ3v) is 22.3. The van der Waals surface area contributed by atoms with E-state index in [0.29, 0.717) is 29.6 Å². The maximum atomic E-state index is 15.1. The zero-order valence-electron chi connectivity index (χ0n) is 55.0. The van der Waals surface area contributed by atoms with E-state index in [-0.39, 0.29) is 48.7 Å². The molecule has 2 aromatic carbocycles. The SMILES string of the molecule is CC(=O)O[C@H]1C(=O)[C@@]2(C)[C@H]([C@H](OC(=O)c3ccccc3)[C@]3(O)C[C@H](OC(C)=O)C(C)=C1C3(C)C)[C@]1(OC(C)=O)CO[C@@H]1C[C@@H]2C.CC(=O)O[C@H]1C[C@@]2(O)[C@@H](OC(=O)c3ccccc3)[C@@H]3[C@]4(OC(C)=O)CO[C@@H]4C[C@H](C)[C@@]3(C)[C@H](N=[N+]=[N-])[C@H](OC(C)=O)C(=C1C)C2(C)C. The van der Waals surface area contributed by atoms with Crippen LogP contribution in [0.2, 0.25) is 0 Å². The first-order chi connectivity index (χ1) is 42.9. The maximum absolute atomic E-state index is 15.1. The molecule has 8 aliphatic rings. The Bertz CT molecular complexity index is 3470. The van der Waals surface area contributed by atoms with Gasteiger partial charge in [-0.25, -0.2) is 9.59 Å². The van der Waals surface area contributed by atoms with E-state index in [1.807, 2.05) is 20.8 Å². The summed E-state index contributed by atoms with van der Waals surface area (Å²) in [6.45, 7) is 24.7. The second kappa shape index (κ2) is 24.4. The number of fused-ring (bicyclic) bond motifs is 10. The van der Waals surface area contributed by atoms with Crippen molar-refractivity contribution in [2.45, 2.75) is 214 Å². The number of Topliss-reactive ketones (excluding diaryl/α,β-unsaturated/α-hetero) is 1. The zero-order valence-corrected chi connectivity index (χ0v) is 55.0. The van der Waals surface area contributed by atoms with Gasteiger partial charge < -0.3 is 57.6 Å². The smallest absolute Gasteiger partial charge is 0.338 e. The van der Waals surface area contributed by atoms with Gasteiger partial charge in [0, 0.05) is 81.5 Å². The van der Waals surface area contributed by atoms with E-state index in [1.54, 1.807) is 109 Å². The quantitative estimate of drug-likeness (QED) is 0.0535. The normalized spacial score (nSPS) is 38.4. The fourth-order valence-corrected chi connectivity index (χ4v) is 17.5. The Morgan fingerprint density at radius 3 is 1.36 bits per heavy atom. The summed E-state index contributed by atoms with van der Waals surface area (Å²) in [6.07, 6.45) is -8.79. The molecule has 6 aliphatic carbocycles. The van der Waals surface area contributed by atoms with Crippen molar-refractivity contribution in [2.75, 3.05) is 13.2 Å². The van der Waals surface area contributed by atoms with Crippen molar-refractivity contribution in [3.63, 3.8) is 0 Å².